The van der Waals surface area contributed by atoms with E-state index in [0.29, 0.717) is 11.3 Å². The summed E-state index contributed by atoms with van der Waals surface area (Å²) in [5.41, 5.74) is 1.50. The summed E-state index contributed by atoms with van der Waals surface area (Å²) in [4.78, 5) is 1.46. The van der Waals surface area contributed by atoms with E-state index in [9.17, 15) is 0 Å². The quantitative estimate of drug-likeness (QED) is 0.818. The molecule has 0 aromatic heterocycles. The number of nitrogens with one attached hydrogen (secondary N) is 1. The number of rotatable bonds is 4. The first-order valence-corrected chi connectivity index (χ1v) is 7.04. The van der Waals surface area contributed by atoms with Crippen LogP contribution in [0.5, 0.6) is 0 Å². The van der Waals surface area contributed by atoms with Gasteiger partial charge in [0.25, 0.3) is 0 Å². The summed E-state index contributed by atoms with van der Waals surface area (Å²) < 4.78 is 0. The molecule has 0 saturated heterocycles. The summed E-state index contributed by atoms with van der Waals surface area (Å²) in [7, 11) is 2.06. The zero-order chi connectivity index (χ0) is 12.1. The Kier molecular flexibility index (Phi) is 4.53. The van der Waals surface area contributed by atoms with Crippen molar-refractivity contribution >= 4 is 11.8 Å². The summed E-state index contributed by atoms with van der Waals surface area (Å²) in [5.74, 6) is 6.13. The van der Waals surface area contributed by atoms with Gasteiger partial charge in [-0.3, -0.25) is 0 Å². The molecule has 2 unspecified atom stereocenters. The Balaban J connectivity index is 1.97. The number of benzene rings is 1. The first-order chi connectivity index (χ1) is 8.35. The van der Waals surface area contributed by atoms with Crippen LogP contribution in [-0.2, 0) is 6.42 Å². The zero-order valence-corrected chi connectivity index (χ0v) is 11.3. The average molecular weight is 245 g/mol. The number of hydrogen-bond donors (Lipinski definition) is 1. The molecule has 2 rings (SSSR count). The van der Waals surface area contributed by atoms with Crippen molar-refractivity contribution in [3.05, 3.63) is 29.8 Å². The van der Waals surface area contributed by atoms with Crippen molar-refractivity contribution in [2.45, 2.75) is 42.4 Å². The second kappa shape index (κ2) is 6.14. The Morgan fingerprint density at radius 3 is 3.00 bits per heavy atom. The summed E-state index contributed by atoms with van der Waals surface area (Å²) in [6.45, 7) is 1.91. The van der Waals surface area contributed by atoms with Crippen LogP contribution in [0.4, 0.5) is 0 Å². The van der Waals surface area contributed by atoms with Crippen LogP contribution in [-0.4, -0.2) is 18.3 Å². The molecule has 90 valence electrons. The molecule has 1 aromatic carbocycles. The normalized spacial score (nSPS) is 19.3. The van der Waals surface area contributed by atoms with Gasteiger partial charge in [-0.15, -0.1) is 23.6 Å². The minimum Gasteiger partial charge on any atom is -0.316 e. The molecule has 1 aromatic rings. The molecular weight excluding hydrogens is 226 g/mol. The van der Waals surface area contributed by atoms with E-state index < -0.39 is 0 Å². The number of hydrogen-bond acceptors (Lipinski definition) is 2. The van der Waals surface area contributed by atoms with Crippen molar-refractivity contribution in [3.63, 3.8) is 0 Å². The third-order valence-corrected chi connectivity index (χ3v) is 4.70. The first-order valence-electron chi connectivity index (χ1n) is 6.16. The summed E-state index contributed by atoms with van der Waals surface area (Å²) in [5, 5.41) is 4.11. The number of fused-ring (bicyclic) bond motifs is 1. The molecule has 1 nitrogen and oxygen atoms in total. The standard InChI is InChI=1S/C15H19NS/c1-3-4-5-9-13(16-2)15-11-12-8-6-7-10-14(12)17-15/h6-8,10,13,15-16H,5,9,11H2,1-2H3. The molecule has 1 heterocycles. The van der Waals surface area contributed by atoms with Crippen LogP contribution in [0.15, 0.2) is 29.2 Å². The van der Waals surface area contributed by atoms with Crippen LogP contribution in [0.2, 0.25) is 0 Å². The molecule has 0 bridgehead atoms. The van der Waals surface area contributed by atoms with Crippen LogP contribution in [0, 0.1) is 11.8 Å². The topological polar surface area (TPSA) is 12.0 Å². The lowest BCUT2D eigenvalue weighted by molar-refractivity contribution is 0.511. The van der Waals surface area contributed by atoms with Crippen molar-refractivity contribution in [1.82, 2.24) is 5.32 Å². The Labute approximate surface area is 108 Å². The van der Waals surface area contributed by atoms with Crippen LogP contribution in [0.1, 0.15) is 25.3 Å². The lowest BCUT2D eigenvalue weighted by Gasteiger charge is -2.21. The zero-order valence-electron chi connectivity index (χ0n) is 10.5. The predicted molar refractivity (Wildman–Crippen MR) is 75.3 cm³/mol. The Bertz CT molecular complexity index is 405. The van der Waals surface area contributed by atoms with E-state index >= 15 is 0 Å². The highest BCUT2D eigenvalue weighted by Gasteiger charge is 2.27. The molecule has 0 aliphatic carbocycles. The molecule has 0 radical (unpaired) electrons. The van der Waals surface area contributed by atoms with Gasteiger partial charge in [-0.2, -0.15) is 0 Å². The monoisotopic (exact) mass is 245 g/mol. The molecule has 0 fully saturated rings. The van der Waals surface area contributed by atoms with Crippen LogP contribution < -0.4 is 5.32 Å². The summed E-state index contributed by atoms with van der Waals surface area (Å²) >= 11 is 2.02. The van der Waals surface area contributed by atoms with E-state index in [1.807, 2.05) is 18.7 Å². The maximum absolute atomic E-state index is 3.45. The Morgan fingerprint density at radius 2 is 2.29 bits per heavy atom. The second-order valence-electron chi connectivity index (χ2n) is 4.33. The summed E-state index contributed by atoms with van der Waals surface area (Å²) in [6, 6.07) is 9.32. The smallest absolute Gasteiger partial charge is 0.0289 e. The van der Waals surface area contributed by atoms with E-state index in [0.717, 1.165) is 12.8 Å². The van der Waals surface area contributed by atoms with E-state index in [1.165, 1.54) is 16.9 Å². The fraction of sp³-hybridized carbons (Fsp3) is 0.467. The molecule has 1 N–H and O–H groups in total. The van der Waals surface area contributed by atoms with Gasteiger partial charge in [-0.1, -0.05) is 18.2 Å². The van der Waals surface area contributed by atoms with Gasteiger partial charge in [0.2, 0.25) is 0 Å². The molecular formula is C15H19NS. The predicted octanol–water partition coefficient (Wildman–Crippen LogP) is 3.09. The average Bonchev–Trinajstić information content (AvgIpc) is 2.78. The number of thioether (sulfide) groups is 1. The lowest BCUT2D eigenvalue weighted by Crippen LogP contribution is -2.35. The third kappa shape index (κ3) is 3.06. The second-order valence-corrected chi connectivity index (χ2v) is 5.61. The fourth-order valence-corrected chi connectivity index (χ4v) is 3.79. The van der Waals surface area contributed by atoms with Crippen molar-refractivity contribution in [2.24, 2.45) is 0 Å². The third-order valence-electron chi connectivity index (χ3n) is 3.25. The van der Waals surface area contributed by atoms with Gasteiger partial charge < -0.3 is 5.32 Å². The van der Waals surface area contributed by atoms with Gasteiger partial charge >= 0.3 is 0 Å². The Morgan fingerprint density at radius 1 is 1.47 bits per heavy atom. The van der Waals surface area contributed by atoms with E-state index in [1.54, 1.807) is 0 Å². The highest BCUT2D eigenvalue weighted by molar-refractivity contribution is 8.00. The molecule has 2 atom stereocenters. The van der Waals surface area contributed by atoms with Crippen molar-refractivity contribution < 1.29 is 0 Å². The minimum absolute atomic E-state index is 0.563. The van der Waals surface area contributed by atoms with E-state index in [-0.39, 0.29) is 0 Å². The van der Waals surface area contributed by atoms with Gasteiger partial charge in [0.15, 0.2) is 0 Å². The van der Waals surface area contributed by atoms with Crippen LogP contribution in [0.3, 0.4) is 0 Å². The summed E-state index contributed by atoms with van der Waals surface area (Å²) in [6.07, 6.45) is 3.32. The molecule has 0 amide bonds. The highest BCUT2D eigenvalue weighted by atomic mass is 32.2. The maximum atomic E-state index is 3.45. The molecule has 0 spiro atoms. The maximum Gasteiger partial charge on any atom is 0.0289 e. The molecule has 17 heavy (non-hydrogen) atoms. The highest BCUT2D eigenvalue weighted by Crippen LogP contribution is 2.38. The molecule has 0 saturated carbocycles. The van der Waals surface area contributed by atoms with E-state index in [2.05, 4.69) is 48.5 Å². The van der Waals surface area contributed by atoms with Gasteiger partial charge in [0.05, 0.1) is 0 Å². The minimum atomic E-state index is 0.563. The van der Waals surface area contributed by atoms with Gasteiger partial charge in [-0.05, 0) is 38.4 Å². The largest absolute Gasteiger partial charge is 0.316 e. The van der Waals surface area contributed by atoms with Gasteiger partial charge in [0.1, 0.15) is 0 Å². The first kappa shape index (κ1) is 12.5. The van der Waals surface area contributed by atoms with E-state index in [4.69, 9.17) is 0 Å². The van der Waals surface area contributed by atoms with Crippen molar-refractivity contribution in [3.8, 4) is 11.8 Å². The van der Waals surface area contributed by atoms with Crippen molar-refractivity contribution in [1.29, 1.82) is 0 Å². The fourth-order valence-electron chi connectivity index (χ4n) is 2.30. The van der Waals surface area contributed by atoms with Gasteiger partial charge in [0, 0.05) is 22.6 Å². The van der Waals surface area contributed by atoms with Crippen LogP contribution in [0.25, 0.3) is 0 Å². The molecule has 1 aliphatic heterocycles. The lowest BCUT2D eigenvalue weighted by atomic mass is 10.0. The van der Waals surface area contributed by atoms with Crippen molar-refractivity contribution in [2.75, 3.05) is 7.05 Å². The van der Waals surface area contributed by atoms with Gasteiger partial charge in [-0.25, -0.2) is 0 Å². The molecule has 1 aliphatic rings. The molecule has 2 heteroatoms. The Hall–Kier alpha value is -0.910. The SMILES string of the molecule is CC#CCCC(NC)C1Cc2ccccc2S1. The van der Waals surface area contributed by atoms with Crippen LogP contribution >= 0.6 is 11.8 Å².